The fourth-order valence-corrected chi connectivity index (χ4v) is 3.50. The number of ether oxygens (including phenoxy) is 1. The average molecular weight is 337 g/mol. The Morgan fingerprint density at radius 1 is 1.04 bits per heavy atom. The summed E-state index contributed by atoms with van der Waals surface area (Å²) in [5.74, 6) is -0.578. The number of nitrogens with zero attached hydrogens (tertiary/aromatic N) is 1. The summed E-state index contributed by atoms with van der Waals surface area (Å²) < 4.78 is 5.30. The molecule has 0 N–H and O–H groups in total. The number of hydrogen-bond donors (Lipinski definition) is 0. The van der Waals surface area contributed by atoms with E-state index in [0.29, 0.717) is 18.7 Å². The van der Waals surface area contributed by atoms with E-state index in [-0.39, 0.29) is 12.5 Å². The Balaban J connectivity index is 1.63. The van der Waals surface area contributed by atoms with Gasteiger partial charge in [0.2, 0.25) is 0 Å². The van der Waals surface area contributed by atoms with E-state index in [0.717, 1.165) is 23.1 Å². The lowest BCUT2D eigenvalue weighted by Crippen LogP contribution is -2.38. The van der Waals surface area contributed by atoms with Gasteiger partial charge < -0.3 is 9.64 Å². The molecule has 1 heterocycles. The number of hydrogen-bond acceptors (Lipinski definition) is 3. The first kappa shape index (κ1) is 17.2. The molecule has 0 fully saturated rings. The second-order valence-electron chi connectivity index (χ2n) is 6.68. The van der Waals surface area contributed by atoms with E-state index in [9.17, 15) is 9.59 Å². The summed E-state index contributed by atoms with van der Waals surface area (Å²) in [5, 5.41) is 0. The molecule has 1 aliphatic rings. The fraction of sp³-hybridized carbons (Fsp3) is 0.333. The van der Waals surface area contributed by atoms with Gasteiger partial charge in [0.15, 0.2) is 6.61 Å². The second-order valence-corrected chi connectivity index (χ2v) is 6.68. The van der Waals surface area contributed by atoms with Crippen LogP contribution in [-0.4, -0.2) is 29.9 Å². The molecule has 0 saturated heterocycles. The molecule has 1 amide bonds. The van der Waals surface area contributed by atoms with Crippen molar-refractivity contribution in [3.63, 3.8) is 0 Å². The molecule has 2 aromatic rings. The van der Waals surface area contributed by atoms with Gasteiger partial charge in [0.05, 0.1) is 5.56 Å². The Morgan fingerprint density at radius 2 is 1.68 bits per heavy atom. The maximum atomic E-state index is 12.4. The van der Waals surface area contributed by atoms with Crippen LogP contribution < -0.4 is 0 Å². The van der Waals surface area contributed by atoms with Gasteiger partial charge in [-0.1, -0.05) is 42.0 Å². The second kappa shape index (κ2) is 7.09. The Bertz CT molecular complexity index is 803. The standard InChI is InChI=1S/C21H23NO3/c1-14-10-15(2)20(16(3)11-14)21(24)25-13-19(23)22-9-8-17-6-4-5-7-18(17)12-22/h4-7,10-11H,8-9,12-13H2,1-3H3. The predicted molar refractivity (Wildman–Crippen MR) is 96.5 cm³/mol. The minimum Gasteiger partial charge on any atom is -0.452 e. The summed E-state index contributed by atoms with van der Waals surface area (Å²) in [4.78, 5) is 26.6. The van der Waals surface area contributed by atoms with E-state index < -0.39 is 5.97 Å². The van der Waals surface area contributed by atoms with Gasteiger partial charge in [-0.15, -0.1) is 0 Å². The maximum absolute atomic E-state index is 12.4. The third-order valence-electron chi connectivity index (χ3n) is 4.69. The zero-order chi connectivity index (χ0) is 18.0. The molecule has 3 rings (SSSR count). The van der Waals surface area contributed by atoms with Crippen LogP contribution in [0.25, 0.3) is 0 Å². The van der Waals surface area contributed by atoms with Gasteiger partial charge in [-0.25, -0.2) is 4.79 Å². The highest BCUT2D eigenvalue weighted by atomic mass is 16.5. The first-order chi connectivity index (χ1) is 12.0. The molecule has 2 aromatic carbocycles. The molecule has 4 nitrogen and oxygen atoms in total. The molecular weight excluding hydrogens is 314 g/mol. The van der Waals surface area contributed by atoms with Crippen LogP contribution in [0.1, 0.15) is 38.2 Å². The Hall–Kier alpha value is -2.62. The molecule has 0 aromatic heterocycles. The molecule has 1 aliphatic heterocycles. The number of esters is 1. The van der Waals surface area contributed by atoms with Crippen LogP contribution in [0.2, 0.25) is 0 Å². The van der Waals surface area contributed by atoms with Crippen LogP contribution in [-0.2, 0) is 22.5 Å². The third kappa shape index (κ3) is 3.73. The lowest BCUT2D eigenvalue weighted by Gasteiger charge is -2.28. The predicted octanol–water partition coefficient (Wildman–Crippen LogP) is 3.35. The molecule has 130 valence electrons. The molecule has 25 heavy (non-hydrogen) atoms. The van der Waals surface area contributed by atoms with Gasteiger partial charge in [0.1, 0.15) is 0 Å². The van der Waals surface area contributed by atoms with Crippen molar-refractivity contribution in [3.8, 4) is 0 Å². The summed E-state index contributed by atoms with van der Waals surface area (Å²) in [6, 6.07) is 12.0. The number of carbonyl (C=O) groups is 2. The molecule has 0 spiro atoms. The normalized spacial score (nSPS) is 13.3. The van der Waals surface area contributed by atoms with Gasteiger partial charge >= 0.3 is 5.97 Å². The van der Waals surface area contributed by atoms with E-state index in [1.165, 1.54) is 11.1 Å². The van der Waals surface area contributed by atoms with E-state index in [2.05, 4.69) is 6.07 Å². The summed E-state index contributed by atoms with van der Waals surface area (Å²) in [5.41, 5.74) is 5.87. The lowest BCUT2D eigenvalue weighted by atomic mass is 10.00. The van der Waals surface area contributed by atoms with Crippen molar-refractivity contribution >= 4 is 11.9 Å². The summed E-state index contributed by atoms with van der Waals surface area (Å²) in [6.07, 6.45) is 0.839. The van der Waals surface area contributed by atoms with Crippen molar-refractivity contribution in [2.24, 2.45) is 0 Å². The van der Waals surface area contributed by atoms with E-state index >= 15 is 0 Å². The molecular formula is C21H23NO3. The quantitative estimate of drug-likeness (QED) is 0.807. The highest BCUT2D eigenvalue weighted by molar-refractivity contribution is 5.94. The molecule has 0 saturated carbocycles. The number of aryl methyl sites for hydroxylation is 3. The van der Waals surface area contributed by atoms with Crippen molar-refractivity contribution in [1.29, 1.82) is 0 Å². The van der Waals surface area contributed by atoms with Gasteiger partial charge in [0.25, 0.3) is 5.91 Å². The fourth-order valence-electron chi connectivity index (χ4n) is 3.50. The zero-order valence-corrected chi connectivity index (χ0v) is 15.0. The minimum absolute atomic E-state index is 0.148. The number of amides is 1. The zero-order valence-electron chi connectivity index (χ0n) is 15.0. The Morgan fingerprint density at radius 3 is 2.36 bits per heavy atom. The summed E-state index contributed by atoms with van der Waals surface area (Å²) >= 11 is 0. The van der Waals surface area contributed by atoms with E-state index in [4.69, 9.17) is 4.74 Å². The summed E-state index contributed by atoms with van der Waals surface area (Å²) in [6.45, 7) is 6.80. The monoisotopic (exact) mass is 337 g/mol. The first-order valence-electron chi connectivity index (χ1n) is 8.55. The molecule has 0 aliphatic carbocycles. The van der Waals surface area contributed by atoms with Gasteiger partial charge in [-0.05, 0) is 49.4 Å². The van der Waals surface area contributed by atoms with Crippen LogP contribution >= 0.6 is 0 Å². The van der Waals surface area contributed by atoms with Crippen LogP contribution in [0.15, 0.2) is 36.4 Å². The van der Waals surface area contributed by atoms with Crippen LogP contribution in [0.3, 0.4) is 0 Å². The average Bonchev–Trinajstić information content (AvgIpc) is 2.58. The highest BCUT2D eigenvalue weighted by Crippen LogP contribution is 2.20. The molecule has 0 bridgehead atoms. The molecule has 4 heteroatoms. The largest absolute Gasteiger partial charge is 0.452 e. The third-order valence-corrected chi connectivity index (χ3v) is 4.69. The molecule has 0 radical (unpaired) electrons. The number of rotatable bonds is 3. The van der Waals surface area contributed by atoms with Crippen LogP contribution in [0.4, 0.5) is 0 Å². The van der Waals surface area contributed by atoms with Crippen molar-refractivity contribution in [2.75, 3.05) is 13.2 Å². The van der Waals surface area contributed by atoms with Crippen molar-refractivity contribution in [2.45, 2.75) is 33.7 Å². The van der Waals surface area contributed by atoms with Gasteiger partial charge in [0, 0.05) is 13.1 Å². The smallest absolute Gasteiger partial charge is 0.339 e. The lowest BCUT2D eigenvalue weighted by molar-refractivity contribution is -0.135. The van der Waals surface area contributed by atoms with Crippen molar-refractivity contribution in [1.82, 2.24) is 4.90 Å². The number of carbonyl (C=O) groups excluding carboxylic acids is 2. The van der Waals surface area contributed by atoms with Crippen LogP contribution in [0.5, 0.6) is 0 Å². The van der Waals surface area contributed by atoms with Crippen molar-refractivity contribution in [3.05, 3.63) is 69.8 Å². The van der Waals surface area contributed by atoms with Gasteiger partial charge in [-0.3, -0.25) is 4.79 Å². The number of benzene rings is 2. The topological polar surface area (TPSA) is 46.6 Å². The highest BCUT2D eigenvalue weighted by Gasteiger charge is 2.22. The SMILES string of the molecule is Cc1cc(C)c(C(=O)OCC(=O)N2CCc3ccccc3C2)c(C)c1. The first-order valence-corrected chi connectivity index (χ1v) is 8.55. The Kier molecular flexibility index (Phi) is 4.88. The molecule has 0 unspecified atom stereocenters. The summed E-state index contributed by atoms with van der Waals surface area (Å²) in [7, 11) is 0. The minimum atomic E-state index is -0.430. The maximum Gasteiger partial charge on any atom is 0.339 e. The van der Waals surface area contributed by atoms with Crippen LogP contribution in [0, 0.1) is 20.8 Å². The van der Waals surface area contributed by atoms with Gasteiger partial charge in [-0.2, -0.15) is 0 Å². The van der Waals surface area contributed by atoms with E-state index in [1.807, 2.05) is 51.1 Å². The van der Waals surface area contributed by atoms with Crippen molar-refractivity contribution < 1.29 is 14.3 Å². The Labute approximate surface area is 148 Å². The van der Waals surface area contributed by atoms with E-state index in [1.54, 1.807) is 4.90 Å². The molecule has 0 atom stereocenters. The number of fused-ring (bicyclic) bond motifs is 1.